The molecule has 2 amide bonds. The SMILES string of the molecule is CC(=O)NCSC(C)(C)C(NC(=O)OCC1c2ccccc2-c2ccccc21)C(=O)O. The third-order valence-electron chi connectivity index (χ3n) is 5.31. The van der Waals surface area contributed by atoms with Crippen molar-refractivity contribution in [3.05, 3.63) is 59.7 Å². The van der Waals surface area contributed by atoms with Gasteiger partial charge in [0.05, 0.1) is 5.88 Å². The van der Waals surface area contributed by atoms with Crippen LogP contribution >= 0.6 is 11.8 Å². The predicted molar refractivity (Wildman–Crippen MR) is 120 cm³/mol. The van der Waals surface area contributed by atoms with Crippen LogP contribution in [-0.2, 0) is 14.3 Å². The quantitative estimate of drug-likeness (QED) is 0.540. The van der Waals surface area contributed by atoms with Gasteiger partial charge in [0.25, 0.3) is 0 Å². The maximum atomic E-state index is 12.5. The largest absolute Gasteiger partial charge is 0.480 e. The molecule has 0 heterocycles. The second-order valence-corrected chi connectivity index (χ2v) is 9.50. The number of ether oxygens (including phenoxy) is 1. The van der Waals surface area contributed by atoms with Crippen molar-refractivity contribution in [2.24, 2.45) is 0 Å². The molecule has 3 N–H and O–H groups in total. The minimum atomic E-state index is -1.19. The standard InChI is InChI=1S/C23H26N2O5S/c1-14(26)24-13-31-23(2,3)20(21(27)28)25-22(29)30-12-19-17-10-6-4-8-15(17)16-9-5-7-11-18(16)19/h4-11,19-20H,12-13H2,1-3H3,(H,24,26)(H,25,29)(H,27,28). The summed E-state index contributed by atoms with van der Waals surface area (Å²) in [6, 6.07) is 14.8. The highest BCUT2D eigenvalue weighted by Crippen LogP contribution is 2.44. The van der Waals surface area contributed by atoms with Crippen molar-refractivity contribution in [2.45, 2.75) is 37.5 Å². The van der Waals surface area contributed by atoms with Gasteiger partial charge in [0.2, 0.25) is 5.91 Å². The van der Waals surface area contributed by atoms with Gasteiger partial charge in [0, 0.05) is 17.6 Å². The van der Waals surface area contributed by atoms with Crippen LogP contribution in [-0.4, -0.2) is 46.3 Å². The Morgan fingerprint density at radius 2 is 1.61 bits per heavy atom. The van der Waals surface area contributed by atoms with Crippen LogP contribution in [0.15, 0.2) is 48.5 Å². The Labute approximate surface area is 185 Å². The second-order valence-electron chi connectivity index (χ2n) is 7.87. The van der Waals surface area contributed by atoms with Gasteiger partial charge in [-0.1, -0.05) is 48.5 Å². The fourth-order valence-electron chi connectivity index (χ4n) is 3.70. The summed E-state index contributed by atoms with van der Waals surface area (Å²) in [5, 5.41) is 14.7. The Balaban J connectivity index is 1.66. The van der Waals surface area contributed by atoms with Crippen molar-refractivity contribution in [2.75, 3.05) is 12.5 Å². The fourth-order valence-corrected chi connectivity index (χ4v) is 4.67. The van der Waals surface area contributed by atoms with Gasteiger partial charge in [-0.3, -0.25) is 4.79 Å². The van der Waals surface area contributed by atoms with Gasteiger partial charge in [0.15, 0.2) is 0 Å². The number of hydrogen-bond donors (Lipinski definition) is 3. The monoisotopic (exact) mass is 442 g/mol. The first-order valence-corrected chi connectivity index (χ1v) is 10.9. The number of nitrogens with one attached hydrogen (secondary N) is 2. The summed E-state index contributed by atoms with van der Waals surface area (Å²) in [5.41, 5.74) is 4.40. The van der Waals surface area contributed by atoms with Crippen molar-refractivity contribution in [3.63, 3.8) is 0 Å². The molecule has 0 aliphatic heterocycles. The summed E-state index contributed by atoms with van der Waals surface area (Å²) < 4.78 is 4.59. The van der Waals surface area contributed by atoms with E-state index in [4.69, 9.17) is 4.74 Å². The van der Waals surface area contributed by atoms with Crippen molar-refractivity contribution >= 4 is 29.7 Å². The van der Waals surface area contributed by atoms with Gasteiger partial charge in [-0.2, -0.15) is 0 Å². The lowest BCUT2D eigenvalue weighted by Gasteiger charge is -2.31. The number of hydrogen-bond acceptors (Lipinski definition) is 5. The molecule has 0 radical (unpaired) electrons. The lowest BCUT2D eigenvalue weighted by Crippen LogP contribution is -2.53. The zero-order valence-electron chi connectivity index (χ0n) is 17.7. The normalized spacial score (nSPS) is 13.6. The first-order chi connectivity index (χ1) is 14.7. The third kappa shape index (κ3) is 5.19. The van der Waals surface area contributed by atoms with Crippen LogP contribution in [0, 0.1) is 0 Å². The van der Waals surface area contributed by atoms with Crippen LogP contribution in [0.25, 0.3) is 11.1 Å². The topological polar surface area (TPSA) is 105 Å². The number of aliphatic carboxylic acids is 1. The smallest absolute Gasteiger partial charge is 0.407 e. The lowest BCUT2D eigenvalue weighted by atomic mass is 9.98. The summed E-state index contributed by atoms with van der Waals surface area (Å²) in [5.74, 6) is -1.25. The van der Waals surface area contributed by atoms with E-state index in [1.54, 1.807) is 13.8 Å². The van der Waals surface area contributed by atoms with E-state index in [9.17, 15) is 19.5 Å². The van der Waals surface area contributed by atoms with Crippen LogP contribution in [0.1, 0.15) is 37.8 Å². The molecule has 2 aromatic carbocycles. The maximum Gasteiger partial charge on any atom is 0.407 e. The number of amides is 2. The molecule has 1 unspecified atom stereocenters. The molecule has 0 bridgehead atoms. The molecule has 3 rings (SSSR count). The molecule has 0 saturated carbocycles. The molecule has 164 valence electrons. The number of carboxylic acid groups (broad SMARTS) is 1. The van der Waals surface area contributed by atoms with E-state index in [2.05, 4.69) is 10.6 Å². The highest BCUT2D eigenvalue weighted by molar-refractivity contribution is 8.00. The van der Waals surface area contributed by atoms with Gasteiger partial charge in [-0.05, 0) is 36.1 Å². The Kier molecular flexibility index (Phi) is 6.90. The molecule has 0 aromatic heterocycles. The molecule has 0 saturated heterocycles. The van der Waals surface area contributed by atoms with Gasteiger partial charge < -0.3 is 20.5 Å². The number of fused-ring (bicyclic) bond motifs is 3. The number of alkyl carbamates (subject to hydrolysis) is 1. The summed E-state index contributed by atoms with van der Waals surface area (Å²) in [6.45, 7) is 4.88. The second kappa shape index (κ2) is 9.43. The van der Waals surface area contributed by atoms with Crippen LogP contribution in [0.4, 0.5) is 4.79 Å². The molecule has 0 fully saturated rings. The number of carbonyl (C=O) groups excluding carboxylic acids is 2. The molecule has 0 spiro atoms. The van der Waals surface area contributed by atoms with Crippen molar-refractivity contribution in [1.82, 2.24) is 10.6 Å². The highest BCUT2D eigenvalue weighted by atomic mass is 32.2. The van der Waals surface area contributed by atoms with Crippen molar-refractivity contribution in [1.29, 1.82) is 0 Å². The predicted octanol–water partition coefficient (Wildman–Crippen LogP) is 3.58. The highest BCUT2D eigenvalue weighted by Gasteiger charge is 2.38. The Hall–Kier alpha value is -3.00. The number of rotatable bonds is 8. The van der Waals surface area contributed by atoms with Gasteiger partial charge in [0.1, 0.15) is 12.6 Å². The number of benzene rings is 2. The zero-order valence-corrected chi connectivity index (χ0v) is 18.5. The van der Waals surface area contributed by atoms with Gasteiger partial charge in [-0.25, -0.2) is 9.59 Å². The Morgan fingerprint density at radius 1 is 1.06 bits per heavy atom. The molecule has 31 heavy (non-hydrogen) atoms. The molecule has 8 heteroatoms. The molecular weight excluding hydrogens is 416 g/mol. The molecule has 1 aliphatic rings. The van der Waals surface area contributed by atoms with E-state index < -0.39 is 22.9 Å². The minimum Gasteiger partial charge on any atom is -0.480 e. The Morgan fingerprint density at radius 3 is 2.13 bits per heavy atom. The Bertz CT molecular complexity index is 946. The fraction of sp³-hybridized carbons (Fsp3) is 0.348. The van der Waals surface area contributed by atoms with Crippen LogP contribution in [0.2, 0.25) is 0 Å². The van der Waals surface area contributed by atoms with Crippen LogP contribution in [0.5, 0.6) is 0 Å². The number of carboxylic acids is 1. The minimum absolute atomic E-state index is 0.103. The van der Waals surface area contributed by atoms with E-state index in [-0.39, 0.29) is 24.3 Å². The summed E-state index contributed by atoms with van der Waals surface area (Å²) in [6.07, 6.45) is -0.789. The molecule has 7 nitrogen and oxygen atoms in total. The van der Waals surface area contributed by atoms with E-state index in [0.717, 1.165) is 22.3 Å². The summed E-state index contributed by atoms with van der Waals surface area (Å²) >= 11 is 1.23. The van der Waals surface area contributed by atoms with E-state index in [1.807, 2.05) is 48.5 Å². The van der Waals surface area contributed by atoms with Crippen molar-refractivity contribution in [3.8, 4) is 11.1 Å². The summed E-state index contributed by atoms with van der Waals surface area (Å²) in [7, 11) is 0. The molecule has 2 aromatic rings. The first kappa shape index (κ1) is 22.7. The molecular formula is C23H26N2O5S. The third-order valence-corrected chi connectivity index (χ3v) is 6.58. The van der Waals surface area contributed by atoms with Gasteiger partial charge in [-0.15, -0.1) is 11.8 Å². The van der Waals surface area contributed by atoms with Crippen molar-refractivity contribution < 1.29 is 24.2 Å². The molecule has 1 atom stereocenters. The van der Waals surface area contributed by atoms with Crippen LogP contribution < -0.4 is 10.6 Å². The van der Waals surface area contributed by atoms with E-state index >= 15 is 0 Å². The van der Waals surface area contributed by atoms with E-state index in [1.165, 1.54) is 18.7 Å². The average molecular weight is 443 g/mol. The van der Waals surface area contributed by atoms with E-state index in [0.29, 0.717) is 0 Å². The number of carbonyl (C=O) groups is 3. The average Bonchev–Trinajstić information content (AvgIpc) is 3.03. The zero-order chi connectivity index (χ0) is 22.6. The lowest BCUT2D eigenvalue weighted by molar-refractivity contribution is -0.140. The maximum absolute atomic E-state index is 12.5. The molecule has 1 aliphatic carbocycles. The van der Waals surface area contributed by atoms with Crippen LogP contribution in [0.3, 0.4) is 0 Å². The van der Waals surface area contributed by atoms with Gasteiger partial charge >= 0.3 is 12.1 Å². The summed E-state index contributed by atoms with van der Waals surface area (Å²) in [4.78, 5) is 35.4. The number of thioether (sulfide) groups is 1. The first-order valence-electron chi connectivity index (χ1n) is 9.93.